The van der Waals surface area contributed by atoms with Gasteiger partial charge >= 0.3 is 11.9 Å². The predicted octanol–water partition coefficient (Wildman–Crippen LogP) is 1.30. The Hall–Kier alpha value is -0.330. The Bertz CT molecular complexity index is 239. The normalized spacial score (nSPS) is 26.4. The zero-order valence-corrected chi connectivity index (χ0v) is 10.3. The van der Waals surface area contributed by atoms with E-state index in [2.05, 4.69) is 22.6 Å². The Morgan fingerprint density at radius 3 is 2.86 bits per heavy atom. The minimum atomic E-state index is -0.394. The van der Waals surface area contributed by atoms with Gasteiger partial charge in [0.25, 0.3) is 0 Å². The highest BCUT2D eigenvalue weighted by atomic mass is 127. The third-order valence-electron chi connectivity index (χ3n) is 1.96. The second-order valence-electron chi connectivity index (χ2n) is 3.52. The summed E-state index contributed by atoms with van der Waals surface area (Å²) in [7, 11) is 0. The molecule has 1 heterocycles. The number of esters is 2. The molecule has 1 fully saturated rings. The molecule has 0 aromatic heterocycles. The number of hydrogen-bond donors (Lipinski definition) is 0. The molecule has 2 atom stereocenters. The molecular weight excluding hydrogens is 299 g/mol. The molecule has 0 saturated carbocycles. The highest BCUT2D eigenvalue weighted by Gasteiger charge is 2.37. The number of ether oxygens (including phenoxy) is 2. The first-order valence-corrected chi connectivity index (χ1v) is 6.03. The molecule has 1 aliphatic rings. The summed E-state index contributed by atoms with van der Waals surface area (Å²) in [5, 5.41) is 0. The number of halogens is 1. The summed E-state index contributed by atoms with van der Waals surface area (Å²) in [6.07, 6.45) is -0.480. The molecule has 0 spiro atoms. The van der Waals surface area contributed by atoms with Gasteiger partial charge in [-0.15, -0.1) is 0 Å². The first kappa shape index (κ1) is 11.7. The molecule has 0 bridgehead atoms. The molecule has 4 nitrogen and oxygen atoms in total. The van der Waals surface area contributed by atoms with Gasteiger partial charge in [0, 0.05) is 4.43 Å². The minimum Gasteiger partial charge on any atom is -0.458 e. The highest BCUT2D eigenvalue weighted by molar-refractivity contribution is 14.1. The maximum Gasteiger partial charge on any atom is 0.310 e. The third-order valence-corrected chi connectivity index (χ3v) is 2.82. The standard InChI is InChI=1S/C9H13IO4/c1-5(2)9(12)14-6-3-8(11)13-7(6)4-10/h5-7H,3-4H2,1-2H3. The number of rotatable bonds is 3. The number of carbonyl (C=O) groups excluding carboxylic acids is 2. The van der Waals surface area contributed by atoms with Crippen molar-refractivity contribution in [1.29, 1.82) is 0 Å². The van der Waals surface area contributed by atoms with Crippen LogP contribution in [-0.2, 0) is 19.1 Å². The van der Waals surface area contributed by atoms with Crippen LogP contribution in [0.2, 0.25) is 0 Å². The van der Waals surface area contributed by atoms with E-state index in [9.17, 15) is 9.59 Å². The average molecular weight is 312 g/mol. The lowest BCUT2D eigenvalue weighted by Gasteiger charge is -2.16. The summed E-state index contributed by atoms with van der Waals surface area (Å²) >= 11 is 2.11. The van der Waals surface area contributed by atoms with Crippen molar-refractivity contribution in [2.45, 2.75) is 32.5 Å². The van der Waals surface area contributed by atoms with Gasteiger partial charge in [0.15, 0.2) is 0 Å². The lowest BCUT2D eigenvalue weighted by Crippen LogP contribution is -2.29. The predicted molar refractivity (Wildman–Crippen MR) is 58.1 cm³/mol. The number of carbonyl (C=O) groups is 2. The number of cyclic esters (lactones) is 1. The Balaban J connectivity index is 2.51. The molecule has 14 heavy (non-hydrogen) atoms. The molecule has 0 amide bonds. The van der Waals surface area contributed by atoms with Gasteiger partial charge in [-0.2, -0.15) is 0 Å². The van der Waals surface area contributed by atoms with Gasteiger partial charge in [-0.1, -0.05) is 36.4 Å². The van der Waals surface area contributed by atoms with Crippen molar-refractivity contribution in [2.24, 2.45) is 5.92 Å². The molecule has 1 saturated heterocycles. The van der Waals surface area contributed by atoms with Crippen LogP contribution < -0.4 is 0 Å². The second-order valence-corrected chi connectivity index (χ2v) is 4.40. The van der Waals surface area contributed by atoms with Crippen molar-refractivity contribution in [2.75, 3.05) is 4.43 Å². The monoisotopic (exact) mass is 312 g/mol. The van der Waals surface area contributed by atoms with Crippen molar-refractivity contribution < 1.29 is 19.1 Å². The van der Waals surface area contributed by atoms with Gasteiger partial charge in [0.1, 0.15) is 12.2 Å². The van der Waals surface area contributed by atoms with Crippen molar-refractivity contribution in [3.63, 3.8) is 0 Å². The maximum atomic E-state index is 11.3. The molecule has 0 radical (unpaired) electrons. The largest absolute Gasteiger partial charge is 0.458 e. The van der Waals surface area contributed by atoms with Crippen LogP contribution in [0.5, 0.6) is 0 Å². The van der Waals surface area contributed by atoms with E-state index < -0.39 is 6.10 Å². The van der Waals surface area contributed by atoms with E-state index in [1.807, 2.05) is 0 Å². The van der Waals surface area contributed by atoms with Crippen LogP contribution in [0.4, 0.5) is 0 Å². The Morgan fingerprint density at radius 2 is 2.36 bits per heavy atom. The van der Waals surface area contributed by atoms with Crippen molar-refractivity contribution in [1.82, 2.24) is 0 Å². The van der Waals surface area contributed by atoms with Crippen LogP contribution in [0.25, 0.3) is 0 Å². The van der Waals surface area contributed by atoms with E-state index in [1.54, 1.807) is 13.8 Å². The topological polar surface area (TPSA) is 52.6 Å². The third kappa shape index (κ3) is 2.83. The van der Waals surface area contributed by atoms with E-state index in [1.165, 1.54) is 0 Å². The van der Waals surface area contributed by atoms with Crippen LogP contribution in [-0.4, -0.2) is 28.6 Å². The van der Waals surface area contributed by atoms with E-state index in [0.717, 1.165) is 0 Å². The van der Waals surface area contributed by atoms with Crippen molar-refractivity contribution >= 4 is 34.5 Å². The first-order valence-electron chi connectivity index (χ1n) is 4.50. The SMILES string of the molecule is CC(C)C(=O)OC1CC(=O)OC1CI. The molecule has 1 aliphatic heterocycles. The molecule has 1 rings (SSSR count). The van der Waals surface area contributed by atoms with Crippen LogP contribution in [0, 0.1) is 5.92 Å². The molecular formula is C9H13IO4. The van der Waals surface area contributed by atoms with Crippen LogP contribution in [0.15, 0.2) is 0 Å². The van der Waals surface area contributed by atoms with Gasteiger partial charge in [0.05, 0.1) is 12.3 Å². The van der Waals surface area contributed by atoms with Crippen molar-refractivity contribution in [3.05, 3.63) is 0 Å². The van der Waals surface area contributed by atoms with Gasteiger partial charge < -0.3 is 9.47 Å². The fraction of sp³-hybridized carbons (Fsp3) is 0.778. The second kappa shape index (κ2) is 4.95. The lowest BCUT2D eigenvalue weighted by molar-refractivity contribution is -0.155. The van der Waals surface area contributed by atoms with E-state index in [4.69, 9.17) is 9.47 Å². The fourth-order valence-electron chi connectivity index (χ4n) is 1.12. The summed E-state index contributed by atoms with van der Waals surface area (Å²) in [5.74, 6) is -0.725. The van der Waals surface area contributed by atoms with Crippen LogP contribution >= 0.6 is 22.6 Å². The lowest BCUT2D eigenvalue weighted by atomic mass is 10.2. The minimum absolute atomic E-state index is 0.166. The van der Waals surface area contributed by atoms with Gasteiger partial charge in [-0.05, 0) is 0 Å². The first-order chi connectivity index (χ1) is 6.54. The maximum absolute atomic E-state index is 11.3. The zero-order chi connectivity index (χ0) is 10.7. The highest BCUT2D eigenvalue weighted by Crippen LogP contribution is 2.21. The van der Waals surface area contributed by atoms with Gasteiger partial charge in [0.2, 0.25) is 0 Å². The molecule has 0 aliphatic carbocycles. The smallest absolute Gasteiger partial charge is 0.310 e. The summed E-state index contributed by atoms with van der Waals surface area (Å²) in [5.41, 5.74) is 0. The van der Waals surface area contributed by atoms with Crippen molar-refractivity contribution in [3.8, 4) is 0 Å². The van der Waals surface area contributed by atoms with E-state index in [-0.39, 0.29) is 30.4 Å². The van der Waals surface area contributed by atoms with Crippen LogP contribution in [0.3, 0.4) is 0 Å². The molecule has 2 unspecified atom stereocenters. The Kier molecular flexibility index (Phi) is 4.15. The Morgan fingerprint density at radius 1 is 1.71 bits per heavy atom. The average Bonchev–Trinajstić information content (AvgIpc) is 2.45. The Labute approximate surface area is 96.5 Å². The molecule has 0 N–H and O–H groups in total. The summed E-state index contributed by atoms with van der Waals surface area (Å²) in [6, 6.07) is 0. The zero-order valence-electron chi connectivity index (χ0n) is 8.16. The van der Waals surface area contributed by atoms with E-state index >= 15 is 0 Å². The summed E-state index contributed by atoms with van der Waals surface area (Å²) in [4.78, 5) is 22.2. The summed E-state index contributed by atoms with van der Waals surface area (Å²) in [6.45, 7) is 3.53. The molecule has 80 valence electrons. The van der Waals surface area contributed by atoms with Gasteiger partial charge in [-0.3, -0.25) is 9.59 Å². The number of hydrogen-bond acceptors (Lipinski definition) is 4. The molecule has 0 aromatic rings. The van der Waals surface area contributed by atoms with Gasteiger partial charge in [-0.25, -0.2) is 0 Å². The molecule has 5 heteroatoms. The number of alkyl halides is 1. The van der Waals surface area contributed by atoms with Crippen LogP contribution in [0.1, 0.15) is 20.3 Å². The molecule has 0 aromatic carbocycles. The van der Waals surface area contributed by atoms with E-state index in [0.29, 0.717) is 4.43 Å². The fourth-order valence-corrected chi connectivity index (χ4v) is 1.87. The summed E-state index contributed by atoms with van der Waals surface area (Å²) < 4.78 is 10.8. The quantitative estimate of drug-likeness (QED) is 0.448.